The van der Waals surface area contributed by atoms with Gasteiger partial charge in [-0.3, -0.25) is 0 Å². The highest BCUT2D eigenvalue weighted by Gasteiger charge is 2.34. The van der Waals surface area contributed by atoms with Gasteiger partial charge in [-0.15, -0.1) is 0 Å². The summed E-state index contributed by atoms with van der Waals surface area (Å²) in [6.07, 6.45) is 12.4. The summed E-state index contributed by atoms with van der Waals surface area (Å²) in [6.45, 7) is 17.5. The Hall–Kier alpha value is -3.47. The van der Waals surface area contributed by atoms with Crippen molar-refractivity contribution >= 4 is 22.8 Å². The van der Waals surface area contributed by atoms with Crippen molar-refractivity contribution in [1.29, 1.82) is 0 Å². The first-order valence-corrected chi connectivity index (χ1v) is 15.7. The smallest absolute Gasteiger partial charge is 0.174 e. The van der Waals surface area contributed by atoms with Gasteiger partial charge in [-0.05, 0) is 103 Å². The molecule has 0 aromatic heterocycles. The van der Waals surface area contributed by atoms with Crippen molar-refractivity contribution in [3.8, 4) is 0 Å². The average molecular weight is 551 g/mol. The molecule has 0 radical (unpaired) electrons. The Kier molecular flexibility index (Phi) is 8.35. The molecule has 41 heavy (non-hydrogen) atoms. The fraction of sp³-hybridized carbons (Fsp3) is 0.444. The largest absolute Gasteiger partial charge is 0.248 e. The SMILES string of the molecule is CCC1=C(CC)C2=C(CC)C3=NC(=C(CC)C4=NC(=C(F)C5=NC(=CC1=N2)C=C5)C(CC)=C4CC)C(CC)=C3CC. The van der Waals surface area contributed by atoms with Crippen LogP contribution in [0, 0.1) is 0 Å². The number of aliphatic imine (C=N–C) groups is 4. The highest BCUT2D eigenvalue weighted by atomic mass is 19.1. The zero-order valence-electron chi connectivity index (χ0n) is 26.1. The summed E-state index contributed by atoms with van der Waals surface area (Å²) in [4.78, 5) is 20.5. The molecule has 0 unspecified atom stereocenters. The van der Waals surface area contributed by atoms with E-state index in [1.807, 2.05) is 12.2 Å². The van der Waals surface area contributed by atoms with E-state index in [0.29, 0.717) is 17.8 Å². The minimum atomic E-state index is -0.353. The molecule has 0 aromatic rings. The lowest BCUT2D eigenvalue weighted by molar-refractivity contribution is 0.669. The maximum Gasteiger partial charge on any atom is 0.174 e. The lowest BCUT2D eigenvalue weighted by Crippen LogP contribution is -2.07. The van der Waals surface area contributed by atoms with Crippen molar-refractivity contribution in [3.63, 3.8) is 0 Å². The van der Waals surface area contributed by atoms with Crippen LogP contribution < -0.4 is 0 Å². The molecule has 5 aliphatic rings. The second-order valence-electron chi connectivity index (χ2n) is 10.8. The summed E-state index contributed by atoms with van der Waals surface area (Å²) in [5.74, 6) is -0.353. The molecule has 0 atom stereocenters. The van der Waals surface area contributed by atoms with E-state index in [1.165, 1.54) is 27.9 Å². The predicted octanol–water partition coefficient (Wildman–Crippen LogP) is 10.1. The molecule has 5 heterocycles. The van der Waals surface area contributed by atoms with Crippen molar-refractivity contribution in [2.24, 2.45) is 20.0 Å². The van der Waals surface area contributed by atoms with Crippen LogP contribution in [0.1, 0.15) is 107 Å². The van der Waals surface area contributed by atoms with Crippen molar-refractivity contribution in [3.05, 3.63) is 91.4 Å². The van der Waals surface area contributed by atoms with E-state index < -0.39 is 0 Å². The molecule has 4 nitrogen and oxygen atoms in total. The summed E-state index contributed by atoms with van der Waals surface area (Å²) in [5.41, 5.74) is 16.1. The topological polar surface area (TPSA) is 49.4 Å². The van der Waals surface area contributed by atoms with E-state index in [4.69, 9.17) is 20.0 Å². The maximum atomic E-state index is 16.3. The first-order valence-electron chi connectivity index (χ1n) is 15.7. The number of fused-ring (bicyclic) bond motifs is 4. The highest BCUT2D eigenvalue weighted by molar-refractivity contribution is 6.22. The van der Waals surface area contributed by atoms with Gasteiger partial charge < -0.3 is 0 Å². The average Bonchev–Trinajstić information content (AvgIpc) is 3.76. The quantitative estimate of drug-likeness (QED) is 0.289. The normalized spacial score (nSPS) is 20.7. The minimum absolute atomic E-state index is 0.334. The molecule has 0 spiro atoms. The first kappa shape index (κ1) is 29.0. The molecular formula is C36H43FN4. The summed E-state index contributed by atoms with van der Waals surface area (Å²) >= 11 is 0. The van der Waals surface area contributed by atoms with Gasteiger partial charge in [0.1, 0.15) is 11.4 Å². The summed E-state index contributed by atoms with van der Waals surface area (Å²) < 4.78 is 16.3. The van der Waals surface area contributed by atoms with Gasteiger partial charge in [-0.25, -0.2) is 24.4 Å². The fourth-order valence-electron chi connectivity index (χ4n) is 6.95. The first-order chi connectivity index (χ1) is 19.9. The van der Waals surface area contributed by atoms with Crippen molar-refractivity contribution < 1.29 is 4.39 Å². The standard InChI is InChI=1S/C36H43FN4/c1-9-21-22(10-2)32-27(15-7)33-23(11-3)24(12-4)34(40-33)28(16-8)35-25(13-5)26(14-6)36(41-35)31(37)29-18-17-20(38-29)19-30(21)39-32/h17-19H,9-16H2,1-8H3. The number of hydrogen-bond acceptors (Lipinski definition) is 4. The monoisotopic (exact) mass is 550 g/mol. The Morgan fingerprint density at radius 2 is 0.878 bits per heavy atom. The molecule has 0 aromatic carbocycles. The van der Waals surface area contributed by atoms with Crippen molar-refractivity contribution in [2.45, 2.75) is 107 Å². The van der Waals surface area contributed by atoms with Gasteiger partial charge in [0.05, 0.1) is 34.2 Å². The van der Waals surface area contributed by atoms with E-state index in [9.17, 15) is 0 Å². The second kappa shape index (κ2) is 11.8. The summed E-state index contributed by atoms with van der Waals surface area (Å²) in [6, 6.07) is 0. The van der Waals surface area contributed by atoms with Crippen molar-refractivity contribution in [2.75, 3.05) is 0 Å². The molecular weight excluding hydrogens is 507 g/mol. The van der Waals surface area contributed by atoms with Crippen LogP contribution in [0.5, 0.6) is 0 Å². The molecule has 0 saturated heterocycles. The Bertz CT molecular complexity index is 1580. The van der Waals surface area contributed by atoms with Crippen LogP contribution in [0.25, 0.3) is 0 Å². The predicted molar refractivity (Wildman–Crippen MR) is 173 cm³/mol. The third kappa shape index (κ3) is 4.58. The lowest BCUT2D eigenvalue weighted by atomic mass is 9.88. The van der Waals surface area contributed by atoms with E-state index >= 15 is 4.39 Å². The van der Waals surface area contributed by atoms with E-state index in [-0.39, 0.29) is 5.83 Å². The molecule has 214 valence electrons. The second-order valence-corrected chi connectivity index (χ2v) is 10.8. The zero-order chi connectivity index (χ0) is 29.4. The van der Waals surface area contributed by atoms with Gasteiger partial charge in [0, 0.05) is 11.1 Å². The third-order valence-electron chi connectivity index (χ3n) is 8.86. The Morgan fingerprint density at radius 1 is 0.439 bits per heavy atom. The Balaban J connectivity index is 1.94. The van der Waals surface area contributed by atoms with Gasteiger partial charge in [0.25, 0.3) is 0 Å². The molecule has 0 amide bonds. The Morgan fingerprint density at radius 3 is 1.39 bits per heavy atom. The van der Waals surface area contributed by atoms with Crippen LogP contribution in [-0.2, 0) is 0 Å². The summed E-state index contributed by atoms with van der Waals surface area (Å²) in [7, 11) is 0. The van der Waals surface area contributed by atoms with Crippen LogP contribution in [0.15, 0.2) is 111 Å². The maximum absolute atomic E-state index is 16.3. The molecule has 0 fully saturated rings. The zero-order valence-corrected chi connectivity index (χ0v) is 26.1. The molecule has 0 N–H and O–H groups in total. The number of halogens is 1. The van der Waals surface area contributed by atoms with Crippen LogP contribution >= 0.6 is 0 Å². The van der Waals surface area contributed by atoms with Gasteiger partial charge in [0.15, 0.2) is 5.83 Å². The molecule has 0 aliphatic carbocycles. The summed E-state index contributed by atoms with van der Waals surface area (Å²) in [5, 5.41) is 0. The molecule has 5 heteroatoms. The Labute approximate surface area is 245 Å². The lowest BCUT2D eigenvalue weighted by Gasteiger charge is -2.14. The molecule has 8 bridgehead atoms. The van der Waals surface area contributed by atoms with Crippen LogP contribution in [-0.4, -0.2) is 22.8 Å². The number of nitrogens with zero attached hydrogens (tertiary/aromatic N) is 4. The van der Waals surface area contributed by atoms with Crippen LogP contribution in [0.3, 0.4) is 0 Å². The van der Waals surface area contributed by atoms with Gasteiger partial charge in [-0.1, -0.05) is 55.4 Å². The molecule has 0 saturated carbocycles. The van der Waals surface area contributed by atoms with Gasteiger partial charge in [-0.2, -0.15) is 0 Å². The molecule has 5 aliphatic heterocycles. The fourth-order valence-corrected chi connectivity index (χ4v) is 6.95. The number of hydrogen-bond donors (Lipinski definition) is 0. The van der Waals surface area contributed by atoms with E-state index in [1.54, 1.807) is 6.08 Å². The molecule has 5 rings (SSSR count). The minimum Gasteiger partial charge on any atom is -0.248 e. The third-order valence-corrected chi connectivity index (χ3v) is 8.86. The number of allylic oxidation sites excluding steroid dienone is 12. The van der Waals surface area contributed by atoms with Crippen LogP contribution in [0.4, 0.5) is 4.39 Å². The van der Waals surface area contributed by atoms with E-state index in [0.717, 1.165) is 95.9 Å². The van der Waals surface area contributed by atoms with Crippen molar-refractivity contribution in [1.82, 2.24) is 0 Å². The highest BCUT2D eigenvalue weighted by Crippen LogP contribution is 2.43. The van der Waals surface area contributed by atoms with Crippen LogP contribution in [0.2, 0.25) is 0 Å². The van der Waals surface area contributed by atoms with Gasteiger partial charge >= 0.3 is 0 Å². The number of rotatable bonds is 8. The van der Waals surface area contributed by atoms with E-state index in [2.05, 4.69) is 55.4 Å². The van der Waals surface area contributed by atoms with Gasteiger partial charge in [0.2, 0.25) is 0 Å².